The minimum Gasteiger partial charge on any atom is -0.490 e. The van der Waals surface area contributed by atoms with Gasteiger partial charge in [0.05, 0.1) is 17.2 Å². The Kier molecular flexibility index (Phi) is 6.90. The average Bonchev–Trinajstić information content (AvgIpc) is 2.69. The number of amides is 2. The zero-order chi connectivity index (χ0) is 23.5. The fraction of sp³-hybridized carbons (Fsp3) is 0.409. The molecule has 0 unspecified atom stereocenters. The lowest BCUT2D eigenvalue weighted by molar-refractivity contribution is -0.138. The number of rotatable bonds is 4. The lowest BCUT2D eigenvalue weighted by Crippen LogP contribution is -2.41. The zero-order valence-corrected chi connectivity index (χ0v) is 17.1. The number of alkyl halides is 6. The molecular weight excluding hydrogens is 438 g/mol. The topological polar surface area (TPSA) is 50.4 Å². The molecule has 2 aromatic rings. The van der Waals surface area contributed by atoms with Gasteiger partial charge < -0.3 is 15.4 Å². The van der Waals surface area contributed by atoms with Crippen LogP contribution in [0.2, 0.25) is 0 Å². The predicted octanol–water partition coefficient (Wildman–Crippen LogP) is 6.54. The Hall–Kier alpha value is -2.91. The quantitative estimate of drug-likeness (QED) is 0.509. The fourth-order valence-electron chi connectivity index (χ4n) is 3.59. The van der Waals surface area contributed by atoms with Crippen molar-refractivity contribution < 1.29 is 35.9 Å². The summed E-state index contributed by atoms with van der Waals surface area (Å²) in [4.78, 5) is 12.1. The summed E-state index contributed by atoms with van der Waals surface area (Å²) in [6, 6.07) is 6.90. The maximum Gasteiger partial charge on any atom is 0.416 e. The molecule has 2 aromatic carbocycles. The van der Waals surface area contributed by atoms with Crippen molar-refractivity contribution in [3.63, 3.8) is 0 Å². The van der Waals surface area contributed by atoms with E-state index in [1.807, 2.05) is 0 Å². The third-order valence-electron chi connectivity index (χ3n) is 5.25. The van der Waals surface area contributed by atoms with Crippen molar-refractivity contribution in [1.82, 2.24) is 5.32 Å². The molecule has 2 amide bonds. The minimum atomic E-state index is -4.50. The van der Waals surface area contributed by atoms with E-state index in [2.05, 4.69) is 10.6 Å². The molecule has 0 saturated heterocycles. The first-order chi connectivity index (χ1) is 14.9. The number of halogens is 6. The van der Waals surface area contributed by atoms with Crippen LogP contribution in [0.25, 0.3) is 0 Å². The highest BCUT2D eigenvalue weighted by molar-refractivity contribution is 5.89. The third kappa shape index (κ3) is 6.30. The second kappa shape index (κ2) is 9.30. The van der Waals surface area contributed by atoms with Crippen molar-refractivity contribution in [1.29, 1.82) is 0 Å². The summed E-state index contributed by atoms with van der Waals surface area (Å²) in [5.41, 5.74) is -1.17. The van der Waals surface area contributed by atoms with E-state index in [1.54, 1.807) is 6.92 Å². The number of anilines is 1. The maximum absolute atomic E-state index is 12.8. The number of hydrogen-bond acceptors (Lipinski definition) is 2. The van der Waals surface area contributed by atoms with E-state index in [0.29, 0.717) is 37.0 Å². The van der Waals surface area contributed by atoms with E-state index in [9.17, 15) is 31.1 Å². The monoisotopic (exact) mass is 460 g/mol. The Bertz CT molecular complexity index is 950. The van der Waals surface area contributed by atoms with Gasteiger partial charge in [-0.2, -0.15) is 26.3 Å². The van der Waals surface area contributed by atoms with Gasteiger partial charge in [0.2, 0.25) is 0 Å². The second-order valence-corrected chi connectivity index (χ2v) is 7.75. The summed E-state index contributed by atoms with van der Waals surface area (Å²) in [7, 11) is 0. The molecule has 0 aliphatic heterocycles. The van der Waals surface area contributed by atoms with Crippen LogP contribution in [0.1, 0.15) is 42.4 Å². The molecular formula is C22H22F6N2O2. The molecule has 4 nitrogen and oxygen atoms in total. The number of carbonyl (C=O) groups is 1. The Labute approximate surface area is 181 Å². The predicted molar refractivity (Wildman–Crippen MR) is 106 cm³/mol. The standard InChI is InChI=1S/C22H22F6N2O2/c1-13-11-15(22(26,27)28)5-10-19(13)32-18-8-6-16(7-9-18)29-20(31)30-17-4-2-3-14(12-17)21(23,24)25/h2-5,10-12,16,18H,6-9H2,1H3,(H2,29,30,31). The fourth-order valence-corrected chi connectivity index (χ4v) is 3.59. The minimum absolute atomic E-state index is 0.0344. The Morgan fingerprint density at radius 3 is 2.12 bits per heavy atom. The maximum atomic E-state index is 12.8. The average molecular weight is 460 g/mol. The van der Waals surface area contributed by atoms with Gasteiger partial charge in [-0.15, -0.1) is 0 Å². The molecule has 0 heterocycles. The number of carbonyl (C=O) groups excluding carboxylic acids is 1. The van der Waals surface area contributed by atoms with Crippen LogP contribution in [0.3, 0.4) is 0 Å². The van der Waals surface area contributed by atoms with Gasteiger partial charge in [-0.1, -0.05) is 6.07 Å². The molecule has 0 atom stereocenters. The number of hydrogen-bond donors (Lipinski definition) is 2. The van der Waals surface area contributed by atoms with E-state index in [4.69, 9.17) is 4.74 Å². The van der Waals surface area contributed by atoms with E-state index >= 15 is 0 Å². The van der Waals surface area contributed by atoms with E-state index in [0.717, 1.165) is 24.3 Å². The van der Waals surface area contributed by atoms with Gasteiger partial charge >= 0.3 is 18.4 Å². The van der Waals surface area contributed by atoms with Crippen LogP contribution in [-0.4, -0.2) is 18.2 Å². The molecule has 0 spiro atoms. The second-order valence-electron chi connectivity index (χ2n) is 7.75. The molecule has 0 aromatic heterocycles. The van der Waals surface area contributed by atoms with Crippen LogP contribution in [-0.2, 0) is 12.4 Å². The van der Waals surface area contributed by atoms with Crippen molar-refractivity contribution in [2.45, 2.75) is 57.1 Å². The highest BCUT2D eigenvalue weighted by Crippen LogP contribution is 2.34. The van der Waals surface area contributed by atoms with Crippen LogP contribution < -0.4 is 15.4 Å². The summed E-state index contributed by atoms with van der Waals surface area (Å²) in [6.45, 7) is 1.55. The van der Waals surface area contributed by atoms with Crippen molar-refractivity contribution in [3.8, 4) is 5.75 Å². The van der Waals surface area contributed by atoms with Crippen molar-refractivity contribution in [2.75, 3.05) is 5.32 Å². The van der Waals surface area contributed by atoms with Gasteiger partial charge in [-0.3, -0.25) is 0 Å². The molecule has 174 valence electrons. The summed E-state index contributed by atoms with van der Waals surface area (Å²) in [6.07, 6.45) is -6.82. The molecule has 10 heteroatoms. The van der Waals surface area contributed by atoms with Gasteiger partial charge in [-0.05, 0) is 74.6 Å². The van der Waals surface area contributed by atoms with Crippen molar-refractivity contribution in [2.24, 2.45) is 0 Å². The SMILES string of the molecule is Cc1cc(C(F)(F)F)ccc1OC1CCC(NC(=O)Nc2cccc(C(F)(F)F)c2)CC1. The number of ether oxygens (including phenoxy) is 1. The van der Waals surface area contributed by atoms with Gasteiger partial charge in [-0.25, -0.2) is 4.79 Å². The Balaban J connectivity index is 1.48. The summed E-state index contributed by atoms with van der Waals surface area (Å²) < 4.78 is 82.5. The molecule has 1 fully saturated rings. The highest BCUT2D eigenvalue weighted by atomic mass is 19.4. The smallest absolute Gasteiger partial charge is 0.416 e. The Morgan fingerprint density at radius 2 is 1.53 bits per heavy atom. The summed E-state index contributed by atoms with van der Waals surface area (Å²) in [5.74, 6) is 0.386. The Morgan fingerprint density at radius 1 is 0.906 bits per heavy atom. The van der Waals surface area contributed by atoms with Gasteiger partial charge in [0, 0.05) is 11.7 Å². The molecule has 1 saturated carbocycles. The first-order valence-electron chi connectivity index (χ1n) is 10.0. The molecule has 2 N–H and O–H groups in total. The van der Waals surface area contributed by atoms with Crippen molar-refractivity contribution >= 4 is 11.7 Å². The van der Waals surface area contributed by atoms with Crippen LogP contribution in [0.5, 0.6) is 5.75 Å². The van der Waals surface area contributed by atoms with Gasteiger partial charge in [0.25, 0.3) is 0 Å². The van der Waals surface area contributed by atoms with Gasteiger partial charge in [0.1, 0.15) is 5.75 Å². The van der Waals surface area contributed by atoms with E-state index in [-0.39, 0.29) is 17.8 Å². The van der Waals surface area contributed by atoms with Crippen LogP contribution in [0.15, 0.2) is 42.5 Å². The number of urea groups is 1. The molecule has 0 bridgehead atoms. The largest absolute Gasteiger partial charge is 0.490 e. The number of aryl methyl sites for hydroxylation is 1. The number of benzene rings is 2. The molecule has 1 aliphatic rings. The number of nitrogens with one attached hydrogen (secondary N) is 2. The molecule has 3 rings (SSSR count). The van der Waals surface area contributed by atoms with Crippen LogP contribution in [0, 0.1) is 6.92 Å². The summed E-state index contributed by atoms with van der Waals surface area (Å²) >= 11 is 0. The first kappa shape index (κ1) is 23.7. The highest BCUT2D eigenvalue weighted by Gasteiger charge is 2.32. The van der Waals surface area contributed by atoms with E-state index < -0.39 is 29.5 Å². The molecule has 32 heavy (non-hydrogen) atoms. The van der Waals surface area contributed by atoms with Gasteiger partial charge in [0.15, 0.2) is 0 Å². The molecule has 1 aliphatic carbocycles. The molecule has 0 radical (unpaired) electrons. The lowest BCUT2D eigenvalue weighted by atomic mass is 9.93. The first-order valence-corrected chi connectivity index (χ1v) is 10.0. The van der Waals surface area contributed by atoms with Crippen molar-refractivity contribution in [3.05, 3.63) is 59.2 Å². The third-order valence-corrected chi connectivity index (χ3v) is 5.25. The zero-order valence-electron chi connectivity index (χ0n) is 17.1. The normalized spacial score (nSPS) is 19.3. The summed E-state index contributed by atoms with van der Waals surface area (Å²) in [5, 5.41) is 5.14. The van der Waals surface area contributed by atoms with Crippen LogP contribution >= 0.6 is 0 Å². The van der Waals surface area contributed by atoms with E-state index in [1.165, 1.54) is 18.2 Å². The van der Waals surface area contributed by atoms with Crippen LogP contribution in [0.4, 0.5) is 36.8 Å². The lowest BCUT2D eigenvalue weighted by Gasteiger charge is -2.30.